The zero-order chi connectivity index (χ0) is 20.8. The number of hydrogen-bond acceptors (Lipinski definition) is 5. The Kier molecular flexibility index (Phi) is 6.28. The molecule has 2 aromatic rings. The number of hydrogen-bond donors (Lipinski definition) is 3. The van der Waals surface area contributed by atoms with Crippen molar-refractivity contribution in [3.05, 3.63) is 58.6 Å². The van der Waals surface area contributed by atoms with Gasteiger partial charge in [0.1, 0.15) is 5.69 Å². The number of nitro groups is 1. The molecule has 2 aromatic carbocycles. The summed E-state index contributed by atoms with van der Waals surface area (Å²) in [6.45, 7) is 1.16. The van der Waals surface area contributed by atoms with E-state index in [9.17, 15) is 19.7 Å². The molecule has 1 aliphatic rings. The quantitative estimate of drug-likeness (QED) is 0.529. The smallest absolute Gasteiger partial charge is 0.318 e. The first-order chi connectivity index (χ1) is 14.0. The average Bonchev–Trinajstić information content (AvgIpc) is 2.75. The molecule has 152 valence electrons. The van der Waals surface area contributed by atoms with Crippen LogP contribution in [0.1, 0.15) is 12.8 Å². The Labute approximate surface area is 168 Å². The van der Waals surface area contributed by atoms with E-state index in [4.69, 9.17) is 0 Å². The second-order valence-corrected chi connectivity index (χ2v) is 6.78. The maximum absolute atomic E-state index is 12.6. The molecule has 1 fully saturated rings. The Bertz CT molecular complexity index is 892. The van der Waals surface area contributed by atoms with Gasteiger partial charge in [0.05, 0.1) is 4.92 Å². The highest BCUT2D eigenvalue weighted by Crippen LogP contribution is 2.31. The third-order valence-electron chi connectivity index (χ3n) is 4.92. The van der Waals surface area contributed by atoms with E-state index in [-0.39, 0.29) is 28.5 Å². The van der Waals surface area contributed by atoms with Crippen LogP contribution in [-0.2, 0) is 4.79 Å². The first-order valence-corrected chi connectivity index (χ1v) is 9.36. The number of para-hydroxylation sites is 2. The molecule has 0 atom stereocenters. The van der Waals surface area contributed by atoms with E-state index in [0.717, 1.165) is 0 Å². The largest absolute Gasteiger partial charge is 0.366 e. The predicted molar refractivity (Wildman–Crippen MR) is 111 cm³/mol. The Morgan fingerprint density at radius 3 is 2.17 bits per heavy atom. The van der Waals surface area contributed by atoms with Gasteiger partial charge >= 0.3 is 6.03 Å². The standard InChI is InChI=1S/C20H23N5O4/c1-21-20(27)23-16-8-6-15(7-9-16)22-19(26)14-10-12-24(13-11-14)17-4-2-3-5-18(17)25(28)29/h2-9,14H,10-13H2,1H3,(H,22,26)(H2,21,23,27). The first kappa shape index (κ1) is 20.1. The predicted octanol–water partition coefficient (Wildman–Crippen LogP) is 3.20. The number of amides is 3. The van der Waals surface area contributed by atoms with Gasteiger partial charge in [-0.2, -0.15) is 0 Å². The lowest BCUT2D eigenvalue weighted by molar-refractivity contribution is -0.384. The number of carbonyl (C=O) groups excluding carboxylic acids is 2. The highest BCUT2D eigenvalue weighted by atomic mass is 16.6. The second-order valence-electron chi connectivity index (χ2n) is 6.78. The van der Waals surface area contributed by atoms with E-state index >= 15 is 0 Å². The molecule has 3 amide bonds. The number of nitrogens with zero attached hydrogens (tertiary/aromatic N) is 2. The molecule has 0 saturated carbocycles. The lowest BCUT2D eigenvalue weighted by Crippen LogP contribution is -2.38. The topological polar surface area (TPSA) is 117 Å². The molecule has 3 N–H and O–H groups in total. The van der Waals surface area contributed by atoms with Crippen molar-refractivity contribution in [2.24, 2.45) is 5.92 Å². The molecule has 0 unspecified atom stereocenters. The zero-order valence-electron chi connectivity index (χ0n) is 16.1. The van der Waals surface area contributed by atoms with Crippen LogP contribution in [0.2, 0.25) is 0 Å². The van der Waals surface area contributed by atoms with E-state index in [1.54, 1.807) is 42.5 Å². The van der Waals surface area contributed by atoms with Crippen LogP contribution >= 0.6 is 0 Å². The molecule has 1 saturated heterocycles. The minimum Gasteiger partial charge on any atom is -0.366 e. The number of anilines is 3. The van der Waals surface area contributed by atoms with Crippen molar-refractivity contribution < 1.29 is 14.5 Å². The molecule has 0 aliphatic carbocycles. The monoisotopic (exact) mass is 397 g/mol. The number of nitrogens with one attached hydrogen (secondary N) is 3. The molecule has 29 heavy (non-hydrogen) atoms. The minimum atomic E-state index is -0.378. The number of rotatable bonds is 5. The molecule has 9 nitrogen and oxygen atoms in total. The van der Waals surface area contributed by atoms with Gasteiger partial charge in [-0.05, 0) is 43.2 Å². The first-order valence-electron chi connectivity index (χ1n) is 9.36. The van der Waals surface area contributed by atoms with Crippen LogP contribution in [0.3, 0.4) is 0 Å². The molecule has 3 rings (SSSR count). The molecular weight excluding hydrogens is 374 g/mol. The summed E-state index contributed by atoms with van der Waals surface area (Å²) in [6.07, 6.45) is 1.24. The Hall–Kier alpha value is -3.62. The van der Waals surface area contributed by atoms with E-state index in [1.807, 2.05) is 4.90 Å². The maximum atomic E-state index is 12.6. The number of carbonyl (C=O) groups is 2. The van der Waals surface area contributed by atoms with E-state index < -0.39 is 0 Å². The SMILES string of the molecule is CNC(=O)Nc1ccc(NC(=O)C2CCN(c3ccccc3[N+](=O)[O-])CC2)cc1. The van der Waals surface area contributed by atoms with Gasteiger partial charge in [-0.15, -0.1) is 0 Å². The molecule has 9 heteroatoms. The zero-order valence-corrected chi connectivity index (χ0v) is 16.1. The number of benzene rings is 2. The van der Waals surface area contributed by atoms with Gasteiger partial charge in [0.25, 0.3) is 5.69 Å². The second kappa shape index (κ2) is 9.05. The van der Waals surface area contributed by atoms with Gasteiger partial charge in [-0.3, -0.25) is 14.9 Å². The van der Waals surface area contributed by atoms with Crippen molar-refractivity contribution in [3.8, 4) is 0 Å². The lowest BCUT2D eigenvalue weighted by atomic mass is 9.95. The van der Waals surface area contributed by atoms with Crippen LogP contribution in [-0.4, -0.2) is 37.0 Å². The number of nitro benzene ring substituents is 1. The molecule has 1 aliphatic heterocycles. The Balaban J connectivity index is 1.55. The Morgan fingerprint density at radius 2 is 1.59 bits per heavy atom. The van der Waals surface area contributed by atoms with Crippen molar-refractivity contribution >= 4 is 34.7 Å². The van der Waals surface area contributed by atoms with Gasteiger partial charge in [-0.1, -0.05) is 12.1 Å². The average molecular weight is 397 g/mol. The summed E-state index contributed by atoms with van der Waals surface area (Å²) in [5.41, 5.74) is 1.95. The van der Waals surface area contributed by atoms with Crippen molar-refractivity contribution in [3.63, 3.8) is 0 Å². The van der Waals surface area contributed by atoms with Gasteiger partial charge in [-0.25, -0.2) is 4.79 Å². The molecule has 1 heterocycles. The van der Waals surface area contributed by atoms with Crippen molar-refractivity contribution in [1.82, 2.24) is 5.32 Å². The summed E-state index contributed by atoms with van der Waals surface area (Å²) in [7, 11) is 1.53. The fraction of sp³-hybridized carbons (Fsp3) is 0.300. The summed E-state index contributed by atoms with van der Waals surface area (Å²) >= 11 is 0. The van der Waals surface area contributed by atoms with Crippen molar-refractivity contribution in [2.45, 2.75) is 12.8 Å². The molecule has 0 aromatic heterocycles. The number of urea groups is 1. The van der Waals surface area contributed by atoms with Gasteiger partial charge in [0.15, 0.2) is 0 Å². The van der Waals surface area contributed by atoms with Gasteiger partial charge in [0.2, 0.25) is 5.91 Å². The minimum absolute atomic E-state index is 0.0702. The summed E-state index contributed by atoms with van der Waals surface area (Å²) in [5, 5.41) is 19.2. The molecule has 0 radical (unpaired) electrons. The van der Waals surface area contributed by atoms with E-state index in [1.165, 1.54) is 13.1 Å². The summed E-state index contributed by atoms with van der Waals surface area (Å²) in [5.74, 6) is -0.225. The van der Waals surface area contributed by atoms with Gasteiger partial charge in [0, 0.05) is 43.5 Å². The molecule has 0 bridgehead atoms. The Morgan fingerprint density at radius 1 is 1.00 bits per heavy atom. The highest BCUT2D eigenvalue weighted by molar-refractivity contribution is 5.93. The van der Waals surface area contributed by atoms with Crippen LogP contribution in [0, 0.1) is 16.0 Å². The normalized spacial score (nSPS) is 14.2. The molecular formula is C20H23N5O4. The fourth-order valence-corrected chi connectivity index (χ4v) is 3.34. The number of piperidine rings is 1. The third kappa shape index (κ3) is 5.01. The summed E-state index contributed by atoms with van der Waals surface area (Å²) in [4.78, 5) is 36.7. The highest BCUT2D eigenvalue weighted by Gasteiger charge is 2.28. The van der Waals surface area contributed by atoms with E-state index in [2.05, 4.69) is 16.0 Å². The van der Waals surface area contributed by atoms with Gasteiger partial charge < -0.3 is 20.9 Å². The van der Waals surface area contributed by atoms with Crippen molar-refractivity contribution in [2.75, 3.05) is 35.7 Å². The third-order valence-corrected chi connectivity index (χ3v) is 4.92. The van der Waals surface area contributed by atoms with Crippen LogP contribution in [0.5, 0.6) is 0 Å². The van der Waals surface area contributed by atoms with Crippen LogP contribution in [0.25, 0.3) is 0 Å². The molecule has 0 spiro atoms. The van der Waals surface area contributed by atoms with Crippen molar-refractivity contribution in [1.29, 1.82) is 0 Å². The van der Waals surface area contributed by atoms with Crippen LogP contribution in [0.15, 0.2) is 48.5 Å². The summed E-state index contributed by atoms with van der Waals surface area (Å²) in [6, 6.07) is 13.2. The fourth-order valence-electron chi connectivity index (χ4n) is 3.34. The van der Waals surface area contributed by atoms with Crippen LogP contribution < -0.4 is 20.9 Å². The summed E-state index contributed by atoms with van der Waals surface area (Å²) < 4.78 is 0. The van der Waals surface area contributed by atoms with Crippen LogP contribution in [0.4, 0.5) is 27.5 Å². The van der Waals surface area contributed by atoms with E-state index in [0.29, 0.717) is 43.0 Å². The maximum Gasteiger partial charge on any atom is 0.318 e. The lowest BCUT2D eigenvalue weighted by Gasteiger charge is -2.32.